The SMILES string of the molecule is CC1c2ccccc2-c2ccc3c(N(c4ccc5c(c4)oc4ccccc45)c4ccc5c(c4)oc4ccccc45)cccc3c2CC1c1ccccc1. The predicted octanol–water partition coefficient (Wildman–Crippen LogP) is 14.2. The summed E-state index contributed by atoms with van der Waals surface area (Å²) in [6, 6.07) is 61.3. The van der Waals surface area contributed by atoms with Gasteiger partial charge in [-0.3, -0.25) is 0 Å². The number of rotatable bonds is 4. The van der Waals surface area contributed by atoms with Crippen LogP contribution in [0.25, 0.3) is 65.8 Å². The molecule has 0 saturated heterocycles. The van der Waals surface area contributed by atoms with Crippen LogP contribution in [0.5, 0.6) is 0 Å². The minimum Gasteiger partial charge on any atom is -0.456 e. The van der Waals surface area contributed by atoms with E-state index >= 15 is 0 Å². The van der Waals surface area contributed by atoms with E-state index < -0.39 is 0 Å². The molecule has 0 radical (unpaired) electrons. The number of para-hydroxylation sites is 2. The lowest BCUT2D eigenvalue weighted by Crippen LogP contribution is -2.11. The van der Waals surface area contributed by atoms with Gasteiger partial charge < -0.3 is 13.7 Å². The first kappa shape index (κ1) is 30.1. The summed E-state index contributed by atoms with van der Waals surface area (Å²) in [5, 5.41) is 6.96. The Morgan fingerprint density at radius 1 is 0.453 bits per heavy atom. The highest BCUT2D eigenvalue weighted by Gasteiger charge is 2.30. The smallest absolute Gasteiger partial charge is 0.137 e. The van der Waals surface area contributed by atoms with Gasteiger partial charge in [-0.05, 0) is 93.9 Å². The Balaban J connectivity index is 1.16. The highest BCUT2D eigenvalue weighted by molar-refractivity contribution is 6.09. The number of nitrogens with zero attached hydrogens (tertiary/aromatic N) is 1. The molecule has 10 aromatic rings. The first-order chi connectivity index (χ1) is 26.2. The van der Waals surface area contributed by atoms with Gasteiger partial charge in [0.2, 0.25) is 0 Å². The Hall–Kier alpha value is -6.58. The van der Waals surface area contributed by atoms with E-state index in [0.29, 0.717) is 11.8 Å². The molecule has 0 spiro atoms. The molecule has 2 atom stereocenters. The summed E-state index contributed by atoms with van der Waals surface area (Å²) in [6.07, 6.45) is 0.950. The van der Waals surface area contributed by atoms with Crippen molar-refractivity contribution < 1.29 is 8.83 Å². The van der Waals surface area contributed by atoms with Crippen molar-refractivity contribution in [2.75, 3.05) is 4.90 Å². The Morgan fingerprint density at radius 3 is 1.72 bits per heavy atom. The molecule has 0 N–H and O–H groups in total. The van der Waals surface area contributed by atoms with E-state index in [-0.39, 0.29) is 0 Å². The lowest BCUT2D eigenvalue weighted by atomic mass is 9.80. The number of hydrogen-bond acceptors (Lipinski definition) is 3. The van der Waals surface area contributed by atoms with Gasteiger partial charge in [0, 0.05) is 50.4 Å². The van der Waals surface area contributed by atoms with Crippen LogP contribution in [-0.2, 0) is 6.42 Å². The lowest BCUT2D eigenvalue weighted by Gasteiger charge is -2.28. The molecule has 3 heteroatoms. The van der Waals surface area contributed by atoms with Crippen LogP contribution in [0.4, 0.5) is 17.1 Å². The monoisotopic (exact) mass is 681 g/mol. The van der Waals surface area contributed by atoms with Crippen LogP contribution in [-0.4, -0.2) is 0 Å². The van der Waals surface area contributed by atoms with Gasteiger partial charge in [0.25, 0.3) is 0 Å². The fourth-order valence-corrected chi connectivity index (χ4v) is 9.07. The van der Waals surface area contributed by atoms with Gasteiger partial charge in [-0.1, -0.05) is 122 Å². The van der Waals surface area contributed by atoms with E-state index in [0.717, 1.165) is 67.4 Å². The highest BCUT2D eigenvalue weighted by Crippen LogP contribution is 2.49. The predicted molar refractivity (Wildman–Crippen MR) is 220 cm³/mol. The fraction of sp³-hybridized carbons (Fsp3) is 0.0800. The van der Waals surface area contributed by atoms with Crippen LogP contribution in [0, 0.1) is 0 Å². The van der Waals surface area contributed by atoms with Gasteiger partial charge in [0.15, 0.2) is 0 Å². The Labute approximate surface area is 307 Å². The minimum absolute atomic E-state index is 0.343. The summed E-state index contributed by atoms with van der Waals surface area (Å²) in [4.78, 5) is 2.37. The van der Waals surface area contributed by atoms with Crippen molar-refractivity contribution in [2.45, 2.75) is 25.2 Å². The number of benzene rings is 8. The summed E-state index contributed by atoms with van der Waals surface area (Å²) < 4.78 is 12.9. The lowest BCUT2D eigenvalue weighted by molar-refractivity contribution is 0.581. The summed E-state index contributed by atoms with van der Waals surface area (Å²) in [6.45, 7) is 2.40. The topological polar surface area (TPSA) is 29.5 Å². The zero-order valence-electron chi connectivity index (χ0n) is 29.3. The molecule has 0 amide bonds. The summed E-state index contributed by atoms with van der Waals surface area (Å²) >= 11 is 0. The molecule has 2 unspecified atom stereocenters. The van der Waals surface area contributed by atoms with Crippen LogP contribution in [0.3, 0.4) is 0 Å². The van der Waals surface area contributed by atoms with Crippen molar-refractivity contribution in [3.8, 4) is 11.1 Å². The van der Waals surface area contributed by atoms with E-state index in [2.05, 4.69) is 157 Å². The number of hydrogen-bond donors (Lipinski definition) is 0. The average Bonchev–Trinajstić information content (AvgIpc) is 3.74. The first-order valence-corrected chi connectivity index (χ1v) is 18.5. The standard InChI is InChI=1S/C50H35NO2/c1-31-35-14-5-6-15-36(35)38-26-27-39-37(45(38)30-44(31)32-12-3-2-4-13-32)18-11-19-46(39)51(33-22-24-42-40-16-7-9-20-47(40)52-49(42)28-33)34-23-25-43-41-17-8-10-21-48(41)53-50(43)29-34/h2-29,31,44H,30H2,1H3. The maximum Gasteiger partial charge on any atom is 0.137 e. The van der Waals surface area contributed by atoms with Crippen LogP contribution >= 0.6 is 0 Å². The molecule has 3 nitrogen and oxygen atoms in total. The molecule has 2 aromatic heterocycles. The summed E-state index contributed by atoms with van der Waals surface area (Å²) in [7, 11) is 0. The molecule has 11 rings (SSSR count). The Kier molecular flexibility index (Phi) is 6.66. The van der Waals surface area contributed by atoms with Crippen molar-refractivity contribution in [2.24, 2.45) is 0 Å². The fourth-order valence-electron chi connectivity index (χ4n) is 9.07. The Morgan fingerprint density at radius 2 is 1.02 bits per heavy atom. The second-order valence-corrected chi connectivity index (χ2v) is 14.5. The van der Waals surface area contributed by atoms with E-state index in [1.165, 1.54) is 38.6 Å². The van der Waals surface area contributed by atoms with Crippen LogP contribution < -0.4 is 4.90 Å². The zero-order valence-corrected chi connectivity index (χ0v) is 29.3. The molecule has 8 aromatic carbocycles. The van der Waals surface area contributed by atoms with E-state index in [1.54, 1.807) is 0 Å². The molecule has 53 heavy (non-hydrogen) atoms. The molecular weight excluding hydrogens is 647 g/mol. The molecule has 0 fully saturated rings. The molecular formula is C50H35NO2. The number of anilines is 3. The third kappa shape index (κ3) is 4.67. The van der Waals surface area contributed by atoms with Gasteiger partial charge >= 0.3 is 0 Å². The third-order valence-corrected chi connectivity index (χ3v) is 11.6. The van der Waals surface area contributed by atoms with Gasteiger partial charge in [0.05, 0.1) is 5.69 Å². The van der Waals surface area contributed by atoms with Crippen LogP contribution in [0.2, 0.25) is 0 Å². The van der Waals surface area contributed by atoms with Gasteiger partial charge in [-0.2, -0.15) is 0 Å². The van der Waals surface area contributed by atoms with Crippen molar-refractivity contribution in [1.82, 2.24) is 0 Å². The van der Waals surface area contributed by atoms with Crippen molar-refractivity contribution in [3.63, 3.8) is 0 Å². The highest BCUT2D eigenvalue weighted by atomic mass is 16.3. The van der Waals surface area contributed by atoms with E-state index in [9.17, 15) is 0 Å². The summed E-state index contributed by atoms with van der Waals surface area (Å²) in [5.41, 5.74) is 13.5. The third-order valence-electron chi connectivity index (χ3n) is 11.6. The van der Waals surface area contributed by atoms with Gasteiger partial charge in [-0.15, -0.1) is 0 Å². The van der Waals surface area contributed by atoms with Crippen molar-refractivity contribution in [3.05, 3.63) is 187 Å². The first-order valence-electron chi connectivity index (χ1n) is 18.5. The zero-order chi connectivity index (χ0) is 35.0. The van der Waals surface area contributed by atoms with Crippen LogP contribution in [0.15, 0.2) is 179 Å². The second-order valence-electron chi connectivity index (χ2n) is 14.5. The summed E-state index contributed by atoms with van der Waals surface area (Å²) in [5.74, 6) is 0.705. The Bertz CT molecular complexity index is 2910. The molecule has 2 heterocycles. The largest absolute Gasteiger partial charge is 0.456 e. The van der Waals surface area contributed by atoms with E-state index in [1.807, 2.05) is 24.3 Å². The minimum atomic E-state index is 0.343. The molecule has 1 aliphatic carbocycles. The van der Waals surface area contributed by atoms with Crippen molar-refractivity contribution in [1.29, 1.82) is 0 Å². The second kappa shape index (κ2) is 11.7. The van der Waals surface area contributed by atoms with Gasteiger partial charge in [-0.25, -0.2) is 0 Å². The van der Waals surface area contributed by atoms with Gasteiger partial charge in [0.1, 0.15) is 22.3 Å². The molecule has 1 aliphatic rings. The molecule has 0 aliphatic heterocycles. The molecule has 0 saturated carbocycles. The van der Waals surface area contributed by atoms with E-state index in [4.69, 9.17) is 8.83 Å². The maximum absolute atomic E-state index is 6.45. The van der Waals surface area contributed by atoms with Crippen LogP contribution in [0.1, 0.15) is 35.4 Å². The molecule has 0 bridgehead atoms. The molecule has 252 valence electrons. The quantitative estimate of drug-likeness (QED) is 0.185. The average molecular weight is 682 g/mol. The normalized spacial score (nSPS) is 15.6. The maximum atomic E-state index is 6.45. The number of fused-ring (bicyclic) bond motifs is 11. The van der Waals surface area contributed by atoms with Crippen molar-refractivity contribution >= 4 is 71.7 Å². The number of furan rings is 2.